The van der Waals surface area contributed by atoms with Gasteiger partial charge in [0, 0.05) is 12.1 Å². The van der Waals surface area contributed by atoms with Crippen molar-refractivity contribution in [3.8, 4) is 5.75 Å². The first-order valence-corrected chi connectivity index (χ1v) is 8.42. The second-order valence-corrected chi connectivity index (χ2v) is 5.96. The van der Waals surface area contributed by atoms with Crippen molar-refractivity contribution in [2.24, 2.45) is 0 Å². The molecule has 0 heterocycles. The summed E-state index contributed by atoms with van der Waals surface area (Å²) in [7, 11) is 1.62. The van der Waals surface area contributed by atoms with Gasteiger partial charge in [0.05, 0.1) is 19.7 Å². The van der Waals surface area contributed by atoms with Gasteiger partial charge in [0.15, 0.2) is 0 Å². The second kappa shape index (κ2) is 9.18. The standard InChI is InChI=1S/C20H25FN2O2/c1-4-23(13-16-8-7-9-17(21)12-16)14-20(24)22-15(2)18-10-5-6-11-19(18)25-3/h5-12,15H,4,13-14H2,1-3H3,(H,22,24). The molecular weight excluding hydrogens is 319 g/mol. The fourth-order valence-corrected chi connectivity index (χ4v) is 2.77. The fraction of sp³-hybridized carbons (Fsp3) is 0.350. The van der Waals surface area contributed by atoms with E-state index in [2.05, 4.69) is 5.32 Å². The molecule has 25 heavy (non-hydrogen) atoms. The average molecular weight is 344 g/mol. The number of carbonyl (C=O) groups is 1. The number of hydrogen-bond acceptors (Lipinski definition) is 3. The zero-order valence-electron chi connectivity index (χ0n) is 15.0. The van der Waals surface area contributed by atoms with Crippen molar-refractivity contribution in [2.45, 2.75) is 26.4 Å². The summed E-state index contributed by atoms with van der Waals surface area (Å²) in [5, 5.41) is 3.00. The Bertz CT molecular complexity index is 706. The smallest absolute Gasteiger partial charge is 0.234 e. The Hall–Kier alpha value is -2.40. The molecule has 0 saturated carbocycles. The molecule has 1 N–H and O–H groups in total. The number of likely N-dealkylation sites (N-methyl/N-ethyl adjacent to an activating group) is 1. The van der Waals surface area contributed by atoms with Gasteiger partial charge in [-0.1, -0.05) is 37.3 Å². The van der Waals surface area contributed by atoms with Crippen LogP contribution >= 0.6 is 0 Å². The highest BCUT2D eigenvalue weighted by Gasteiger charge is 2.16. The summed E-state index contributed by atoms with van der Waals surface area (Å²) in [5.41, 5.74) is 1.79. The number of hydrogen-bond donors (Lipinski definition) is 1. The summed E-state index contributed by atoms with van der Waals surface area (Å²) in [6.45, 7) is 5.40. The summed E-state index contributed by atoms with van der Waals surface area (Å²) >= 11 is 0. The molecule has 0 fully saturated rings. The number of halogens is 1. The largest absolute Gasteiger partial charge is 0.496 e. The maximum Gasteiger partial charge on any atom is 0.234 e. The lowest BCUT2D eigenvalue weighted by atomic mass is 10.1. The topological polar surface area (TPSA) is 41.6 Å². The fourth-order valence-electron chi connectivity index (χ4n) is 2.77. The van der Waals surface area contributed by atoms with Crippen LogP contribution in [-0.2, 0) is 11.3 Å². The van der Waals surface area contributed by atoms with E-state index in [1.807, 2.05) is 49.1 Å². The number of para-hydroxylation sites is 1. The van der Waals surface area contributed by atoms with E-state index in [1.54, 1.807) is 13.2 Å². The minimum atomic E-state index is -0.261. The summed E-state index contributed by atoms with van der Waals surface area (Å²) < 4.78 is 18.6. The number of amides is 1. The predicted octanol–water partition coefficient (Wildman–Crippen LogP) is 3.53. The SMILES string of the molecule is CCN(CC(=O)NC(C)c1ccccc1OC)Cc1cccc(F)c1. The number of carbonyl (C=O) groups excluding carboxylic acids is 1. The van der Waals surface area contributed by atoms with Crippen LogP contribution in [-0.4, -0.2) is 31.0 Å². The highest BCUT2D eigenvalue weighted by Crippen LogP contribution is 2.24. The quantitative estimate of drug-likeness (QED) is 0.796. The molecule has 2 aromatic rings. The molecule has 0 aliphatic rings. The van der Waals surface area contributed by atoms with E-state index in [-0.39, 0.29) is 24.3 Å². The highest BCUT2D eigenvalue weighted by molar-refractivity contribution is 5.78. The van der Waals surface area contributed by atoms with Crippen LogP contribution in [0.5, 0.6) is 5.75 Å². The van der Waals surface area contributed by atoms with Crippen molar-refractivity contribution in [3.63, 3.8) is 0 Å². The van der Waals surface area contributed by atoms with E-state index in [4.69, 9.17) is 4.74 Å². The molecule has 0 bridgehead atoms. The first kappa shape index (κ1) is 18.9. The lowest BCUT2D eigenvalue weighted by molar-refractivity contribution is -0.123. The number of nitrogens with one attached hydrogen (secondary N) is 1. The molecule has 134 valence electrons. The van der Waals surface area contributed by atoms with Crippen LogP contribution < -0.4 is 10.1 Å². The van der Waals surface area contributed by atoms with Gasteiger partial charge in [0.25, 0.3) is 0 Å². The van der Waals surface area contributed by atoms with Crippen molar-refractivity contribution in [1.29, 1.82) is 0 Å². The summed E-state index contributed by atoms with van der Waals surface area (Å²) in [6, 6.07) is 13.9. The number of methoxy groups -OCH3 is 1. The molecule has 5 heteroatoms. The Balaban J connectivity index is 1.95. The van der Waals surface area contributed by atoms with Crippen molar-refractivity contribution in [1.82, 2.24) is 10.2 Å². The van der Waals surface area contributed by atoms with Gasteiger partial charge in [-0.3, -0.25) is 9.69 Å². The molecular formula is C20H25FN2O2. The third-order valence-corrected chi connectivity index (χ3v) is 4.09. The van der Waals surface area contributed by atoms with Crippen LogP contribution in [0.3, 0.4) is 0 Å². The molecule has 4 nitrogen and oxygen atoms in total. The van der Waals surface area contributed by atoms with Crippen LogP contribution in [0.2, 0.25) is 0 Å². The minimum absolute atomic E-state index is 0.0725. The van der Waals surface area contributed by atoms with Crippen LogP contribution in [0.4, 0.5) is 4.39 Å². The molecule has 2 rings (SSSR count). The molecule has 1 unspecified atom stereocenters. The van der Waals surface area contributed by atoms with Gasteiger partial charge < -0.3 is 10.1 Å². The molecule has 0 spiro atoms. The molecule has 1 atom stereocenters. The number of rotatable bonds is 8. The molecule has 0 aliphatic carbocycles. The van der Waals surface area contributed by atoms with Crippen LogP contribution in [0.25, 0.3) is 0 Å². The lowest BCUT2D eigenvalue weighted by Gasteiger charge is -2.22. The van der Waals surface area contributed by atoms with Crippen molar-refractivity contribution >= 4 is 5.91 Å². The van der Waals surface area contributed by atoms with Gasteiger partial charge in [-0.2, -0.15) is 0 Å². The van der Waals surface area contributed by atoms with Gasteiger partial charge >= 0.3 is 0 Å². The Morgan fingerprint density at radius 2 is 2.00 bits per heavy atom. The zero-order chi connectivity index (χ0) is 18.2. The van der Waals surface area contributed by atoms with E-state index in [0.717, 1.165) is 16.9 Å². The van der Waals surface area contributed by atoms with E-state index < -0.39 is 0 Å². The third-order valence-electron chi connectivity index (χ3n) is 4.09. The summed E-state index contributed by atoms with van der Waals surface area (Å²) in [5.74, 6) is 0.418. The van der Waals surface area contributed by atoms with Crippen molar-refractivity contribution < 1.29 is 13.9 Å². The third kappa shape index (κ3) is 5.57. The Labute approximate surface area is 148 Å². The van der Waals surface area contributed by atoms with Crippen molar-refractivity contribution in [3.05, 3.63) is 65.5 Å². The van der Waals surface area contributed by atoms with Crippen LogP contribution in [0, 0.1) is 5.82 Å². The second-order valence-electron chi connectivity index (χ2n) is 5.96. The van der Waals surface area contributed by atoms with Crippen LogP contribution in [0.15, 0.2) is 48.5 Å². The van der Waals surface area contributed by atoms with Crippen LogP contribution in [0.1, 0.15) is 31.0 Å². The Morgan fingerprint density at radius 1 is 1.24 bits per heavy atom. The van der Waals surface area contributed by atoms with Gasteiger partial charge in [0.2, 0.25) is 5.91 Å². The average Bonchev–Trinajstić information content (AvgIpc) is 2.61. The molecule has 0 aliphatic heterocycles. The molecule has 0 radical (unpaired) electrons. The van der Waals surface area contributed by atoms with E-state index in [1.165, 1.54) is 12.1 Å². The molecule has 2 aromatic carbocycles. The number of benzene rings is 2. The summed E-state index contributed by atoms with van der Waals surface area (Å²) in [6.07, 6.45) is 0. The van der Waals surface area contributed by atoms with Gasteiger partial charge in [0.1, 0.15) is 11.6 Å². The lowest BCUT2D eigenvalue weighted by Crippen LogP contribution is -2.38. The molecule has 1 amide bonds. The van der Waals surface area contributed by atoms with Gasteiger partial charge in [-0.25, -0.2) is 4.39 Å². The van der Waals surface area contributed by atoms with Gasteiger partial charge in [-0.15, -0.1) is 0 Å². The van der Waals surface area contributed by atoms with E-state index in [0.29, 0.717) is 13.1 Å². The van der Waals surface area contributed by atoms with E-state index in [9.17, 15) is 9.18 Å². The first-order valence-electron chi connectivity index (χ1n) is 8.42. The maximum absolute atomic E-state index is 13.3. The van der Waals surface area contributed by atoms with E-state index >= 15 is 0 Å². The molecule has 0 saturated heterocycles. The maximum atomic E-state index is 13.3. The normalized spacial score (nSPS) is 12.0. The first-order chi connectivity index (χ1) is 12.0. The van der Waals surface area contributed by atoms with Gasteiger partial charge in [-0.05, 0) is 37.2 Å². The Kier molecular flexibility index (Phi) is 6.95. The van der Waals surface area contributed by atoms with Crippen molar-refractivity contribution in [2.75, 3.05) is 20.2 Å². The predicted molar refractivity (Wildman–Crippen MR) is 96.9 cm³/mol. The monoisotopic (exact) mass is 344 g/mol. The summed E-state index contributed by atoms with van der Waals surface area (Å²) in [4.78, 5) is 14.4. The zero-order valence-corrected chi connectivity index (χ0v) is 15.0. The number of ether oxygens (including phenoxy) is 1. The minimum Gasteiger partial charge on any atom is -0.496 e. The number of nitrogens with zero attached hydrogens (tertiary/aromatic N) is 1. The molecule has 0 aromatic heterocycles. The Morgan fingerprint density at radius 3 is 2.68 bits per heavy atom. The highest BCUT2D eigenvalue weighted by atomic mass is 19.1.